The molecule has 0 spiro atoms. The monoisotopic (exact) mass is 196 g/mol. The zero-order valence-electron chi connectivity index (χ0n) is 6.96. The molecule has 0 aliphatic heterocycles. The number of carbonyl (C=O) groups is 1. The maximum absolute atomic E-state index is 11.3. The predicted octanol–water partition coefficient (Wildman–Crippen LogP) is 2.08. The van der Waals surface area contributed by atoms with E-state index in [0.29, 0.717) is 10.8 Å². The van der Waals surface area contributed by atoms with Gasteiger partial charge in [0.25, 0.3) is 0 Å². The molecule has 0 radical (unpaired) electrons. The van der Waals surface area contributed by atoms with Gasteiger partial charge < -0.3 is 5.32 Å². The van der Waals surface area contributed by atoms with Gasteiger partial charge in [-0.1, -0.05) is 11.6 Å². The van der Waals surface area contributed by atoms with Crippen LogP contribution in [-0.2, 0) is 4.79 Å². The van der Waals surface area contributed by atoms with Crippen molar-refractivity contribution in [3.8, 4) is 0 Å². The lowest BCUT2D eigenvalue weighted by atomic mass is 10.4. The maximum Gasteiger partial charge on any atom is 0.228 e. The average molecular weight is 197 g/mol. The molecule has 0 bridgehead atoms. The normalized spacial score (nSPS) is 15.5. The molecule has 0 aromatic carbocycles. The lowest BCUT2D eigenvalue weighted by Gasteiger charge is -2.02. The predicted molar refractivity (Wildman–Crippen MR) is 50.6 cm³/mol. The molecule has 0 atom stereocenters. The summed E-state index contributed by atoms with van der Waals surface area (Å²) >= 11 is 5.73. The molecule has 1 aliphatic rings. The van der Waals surface area contributed by atoms with E-state index in [9.17, 15) is 4.79 Å². The Hall–Kier alpha value is -1.09. The lowest BCUT2D eigenvalue weighted by molar-refractivity contribution is -0.117. The number of halogens is 1. The highest BCUT2D eigenvalue weighted by atomic mass is 35.5. The van der Waals surface area contributed by atoms with E-state index in [2.05, 4.69) is 10.3 Å². The van der Waals surface area contributed by atoms with Crippen molar-refractivity contribution in [3.05, 3.63) is 23.4 Å². The van der Waals surface area contributed by atoms with Crippen LogP contribution in [0.3, 0.4) is 0 Å². The van der Waals surface area contributed by atoms with Gasteiger partial charge >= 0.3 is 0 Å². The van der Waals surface area contributed by atoms with Crippen molar-refractivity contribution in [1.82, 2.24) is 4.98 Å². The lowest BCUT2D eigenvalue weighted by Crippen LogP contribution is -2.14. The molecule has 1 fully saturated rings. The van der Waals surface area contributed by atoms with Crippen LogP contribution in [0.5, 0.6) is 0 Å². The van der Waals surface area contributed by atoms with E-state index >= 15 is 0 Å². The van der Waals surface area contributed by atoms with Gasteiger partial charge in [-0.15, -0.1) is 0 Å². The van der Waals surface area contributed by atoms with Crippen molar-refractivity contribution >= 4 is 23.3 Å². The smallest absolute Gasteiger partial charge is 0.228 e. The van der Waals surface area contributed by atoms with Crippen molar-refractivity contribution in [2.45, 2.75) is 12.8 Å². The Balaban J connectivity index is 2.04. The van der Waals surface area contributed by atoms with Gasteiger partial charge in [0, 0.05) is 17.1 Å². The first-order valence-electron chi connectivity index (χ1n) is 4.18. The molecule has 0 saturated heterocycles. The highest BCUT2D eigenvalue weighted by Gasteiger charge is 2.29. The van der Waals surface area contributed by atoms with Gasteiger partial charge in [0.15, 0.2) is 0 Å². The molecule has 1 saturated carbocycles. The summed E-state index contributed by atoms with van der Waals surface area (Å²) in [4.78, 5) is 15.3. The van der Waals surface area contributed by atoms with Gasteiger partial charge in [-0.05, 0) is 25.0 Å². The Morgan fingerprint density at radius 1 is 1.62 bits per heavy atom. The Morgan fingerprint density at radius 2 is 2.38 bits per heavy atom. The molecule has 13 heavy (non-hydrogen) atoms. The van der Waals surface area contributed by atoms with Crippen LogP contribution < -0.4 is 5.32 Å². The van der Waals surface area contributed by atoms with E-state index in [1.165, 1.54) is 0 Å². The molecule has 1 N–H and O–H groups in total. The number of rotatable bonds is 2. The molecule has 2 rings (SSSR count). The maximum atomic E-state index is 11.3. The largest absolute Gasteiger partial charge is 0.310 e. The quantitative estimate of drug-likeness (QED) is 0.787. The van der Waals surface area contributed by atoms with Crippen molar-refractivity contribution < 1.29 is 4.79 Å². The van der Waals surface area contributed by atoms with Crippen molar-refractivity contribution in [2.75, 3.05) is 5.32 Å². The van der Waals surface area contributed by atoms with Gasteiger partial charge in [-0.3, -0.25) is 4.79 Å². The van der Waals surface area contributed by atoms with Crippen LogP contribution in [0.4, 0.5) is 5.82 Å². The number of carbonyl (C=O) groups excluding carboxylic acids is 1. The first-order valence-corrected chi connectivity index (χ1v) is 4.56. The van der Waals surface area contributed by atoms with Crippen molar-refractivity contribution in [1.29, 1.82) is 0 Å². The third-order valence-electron chi connectivity index (χ3n) is 1.92. The van der Waals surface area contributed by atoms with E-state index in [0.717, 1.165) is 12.8 Å². The molecule has 3 nitrogen and oxygen atoms in total. The van der Waals surface area contributed by atoms with Crippen LogP contribution in [0.1, 0.15) is 12.8 Å². The van der Waals surface area contributed by atoms with Crippen LogP contribution in [0.15, 0.2) is 18.3 Å². The molecule has 0 unspecified atom stereocenters. The third-order valence-corrected chi connectivity index (χ3v) is 2.16. The zero-order valence-corrected chi connectivity index (χ0v) is 7.71. The average Bonchev–Trinajstić information content (AvgIpc) is 2.85. The molecule has 1 aliphatic carbocycles. The Labute approximate surface area is 81.1 Å². The topological polar surface area (TPSA) is 42.0 Å². The third kappa shape index (κ3) is 2.18. The van der Waals surface area contributed by atoms with Gasteiger partial charge in [-0.25, -0.2) is 4.98 Å². The fourth-order valence-electron chi connectivity index (χ4n) is 1.05. The van der Waals surface area contributed by atoms with E-state index < -0.39 is 0 Å². The summed E-state index contributed by atoms with van der Waals surface area (Å²) in [7, 11) is 0. The summed E-state index contributed by atoms with van der Waals surface area (Å²) in [5.41, 5.74) is 0. The van der Waals surface area contributed by atoms with Crippen LogP contribution in [0.2, 0.25) is 5.02 Å². The first-order chi connectivity index (χ1) is 6.25. The number of pyridine rings is 1. The summed E-state index contributed by atoms with van der Waals surface area (Å²) in [5, 5.41) is 3.29. The highest BCUT2D eigenvalue weighted by Crippen LogP contribution is 2.30. The summed E-state index contributed by atoms with van der Waals surface area (Å²) < 4.78 is 0. The van der Waals surface area contributed by atoms with Gasteiger partial charge in [0.1, 0.15) is 5.82 Å². The van der Waals surface area contributed by atoms with Gasteiger partial charge in [-0.2, -0.15) is 0 Å². The highest BCUT2D eigenvalue weighted by molar-refractivity contribution is 6.30. The summed E-state index contributed by atoms with van der Waals surface area (Å²) in [6.07, 6.45) is 3.56. The summed E-state index contributed by atoms with van der Waals surface area (Å²) in [6.45, 7) is 0. The number of aromatic nitrogens is 1. The number of anilines is 1. The summed E-state index contributed by atoms with van der Waals surface area (Å²) in [5.74, 6) is 0.778. The van der Waals surface area contributed by atoms with Crippen LogP contribution >= 0.6 is 11.6 Å². The molecular weight excluding hydrogens is 188 g/mol. The van der Waals surface area contributed by atoms with Crippen LogP contribution in [0, 0.1) is 5.92 Å². The molecule has 68 valence electrons. The molecule has 4 heteroatoms. The van der Waals surface area contributed by atoms with Crippen molar-refractivity contribution in [3.63, 3.8) is 0 Å². The van der Waals surface area contributed by atoms with Crippen LogP contribution in [-0.4, -0.2) is 10.9 Å². The number of hydrogen-bond acceptors (Lipinski definition) is 2. The second-order valence-electron chi connectivity index (χ2n) is 3.12. The number of nitrogens with zero attached hydrogens (tertiary/aromatic N) is 1. The minimum Gasteiger partial charge on any atom is -0.310 e. The minimum atomic E-state index is 0.0507. The molecule has 1 heterocycles. The van der Waals surface area contributed by atoms with E-state index in [-0.39, 0.29) is 11.8 Å². The van der Waals surface area contributed by atoms with E-state index in [4.69, 9.17) is 11.6 Å². The number of nitrogens with one attached hydrogen (secondary N) is 1. The second kappa shape index (κ2) is 3.34. The molecular formula is C9H9ClN2O. The molecule has 1 aromatic rings. The first kappa shape index (κ1) is 8.51. The fraction of sp³-hybridized carbons (Fsp3) is 0.333. The zero-order chi connectivity index (χ0) is 9.26. The standard InChI is InChI=1S/C9H9ClN2O/c10-7-3-4-11-8(5-7)12-9(13)6-1-2-6/h3-6H,1-2H2,(H,11,12,13). The van der Waals surface area contributed by atoms with E-state index in [1.807, 2.05) is 0 Å². The van der Waals surface area contributed by atoms with Crippen molar-refractivity contribution in [2.24, 2.45) is 5.92 Å². The summed E-state index contributed by atoms with van der Waals surface area (Å²) in [6, 6.07) is 3.32. The van der Waals surface area contributed by atoms with Crippen LogP contribution in [0.25, 0.3) is 0 Å². The Bertz CT molecular complexity index is 336. The second-order valence-corrected chi connectivity index (χ2v) is 3.56. The number of hydrogen-bond donors (Lipinski definition) is 1. The Morgan fingerprint density at radius 3 is 3.00 bits per heavy atom. The molecule has 1 aromatic heterocycles. The van der Waals surface area contributed by atoms with Gasteiger partial charge in [0.05, 0.1) is 0 Å². The Kier molecular flexibility index (Phi) is 2.19. The molecule has 1 amide bonds. The minimum absolute atomic E-state index is 0.0507. The van der Waals surface area contributed by atoms with Gasteiger partial charge in [0.2, 0.25) is 5.91 Å². The number of amides is 1. The fourth-order valence-corrected chi connectivity index (χ4v) is 1.21. The van der Waals surface area contributed by atoms with E-state index in [1.54, 1.807) is 18.3 Å². The SMILES string of the molecule is O=C(Nc1cc(Cl)ccn1)C1CC1.